The van der Waals surface area contributed by atoms with E-state index in [0.717, 1.165) is 49.9 Å². The van der Waals surface area contributed by atoms with E-state index in [0.29, 0.717) is 0 Å². The normalized spacial score (nSPS) is 12.1. The van der Waals surface area contributed by atoms with Gasteiger partial charge < -0.3 is 13.6 Å². The van der Waals surface area contributed by atoms with Crippen molar-refractivity contribution in [3.8, 4) is 22.5 Å². The van der Waals surface area contributed by atoms with Gasteiger partial charge in [0.15, 0.2) is 8.07 Å². The lowest BCUT2D eigenvalue weighted by atomic mass is 9.98. The summed E-state index contributed by atoms with van der Waals surface area (Å²) in [6, 6.07) is 89.3. The van der Waals surface area contributed by atoms with Crippen LogP contribution < -0.4 is 20.7 Å². The molecule has 13 rings (SSSR count). The van der Waals surface area contributed by atoms with Gasteiger partial charge >= 0.3 is 0 Å². The lowest BCUT2D eigenvalue weighted by molar-refractivity contribution is 0.669. The number of aromatic nitrogens is 2. The van der Waals surface area contributed by atoms with Crippen molar-refractivity contribution in [2.75, 3.05) is 0 Å². The van der Waals surface area contributed by atoms with E-state index in [9.17, 15) is 0 Å². The molecule has 10 aromatic carbocycles. The maximum absolute atomic E-state index is 6.42. The Hall–Kier alpha value is -8.18. The van der Waals surface area contributed by atoms with E-state index in [-0.39, 0.29) is 0 Å². The molecule has 0 unspecified atom stereocenters. The first-order valence-electron chi connectivity index (χ1n) is 22.0. The molecule has 0 radical (unpaired) electrons. The van der Waals surface area contributed by atoms with E-state index in [1.165, 1.54) is 58.9 Å². The highest BCUT2D eigenvalue weighted by Crippen LogP contribution is 2.43. The molecular formula is C60H40N2OSi. The third kappa shape index (κ3) is 5.33. The van der Waals surface area contributed by atoms with E-state index in [4.69, 9.17) is 4.42 Å². The van der Waals surface area contributed by atoms with Crippen molar-refractivity contribution in [2.45, 2.75) is 0 Å². The van der Waals surface area contributed by atoms with Gasteiger partial charge in [-0.25, -0.2) is 0 Å². The summed E-state index contributed by atoms with van der Waals surface area (Å²) in [5.74, 6) is 0. The summed E-state index contributed by atoms with van der Waals surface area (Å²) in [5.41, 5.74) is 11.1. The molecule has 0 saturated carbocycles. The summed E-state index contributed by atoms with van der Waals surface area (Å²) in [6.45, 7) is 0. The molecule has 0 amide bonds. The second-order valence-corrected chi connectivity index (χ2v) is 20.6. The fourth-order valence-corrected chi connectivity index (χ4v) is 15.6. The molecule has 3 aromatic heterocycles. The minimum Gasteiger partial charge on any atom is -0.456 e. The van der Waals surface area contributed by atoms with Crippen LogP contribution in [0.5, 0.6) is 0 Å². The number of nitrogens with zero attached hydrogens (tertiary/aromatic N) is 2. The Morgan fingerprint density at radius 2 is 0.859 bits per heavy atom. The Morgan fingerprint density at radius 3 is 1.58 bits per heavy atom. The van der Waals surface area contributed by atoms with E-state index in [1.807, 2.05) is 12.1 Å². The largest absolute Gasteiger partial charge is 0.456 e. The summed E-state index contributed by atoms with van der Waals surface area (Å²) >= 11 is 0. The zero-order chi connectivity index (χ0) is 42.2. The van der Waals surface area contributed by atoms with Gasteiger partial charge in [-0.1, -0.05) is 188 Å². The molecule has 300 valence electrons. The van der Waals surface area contributed by atoms with Crippen molar-refractivity contribution in [1.82, 2.24) is 9.13 Å². The third-order valence-electron chi connectivity index (χ3n) is 13.5. The van der Waals surface area contributed by atoms with Gasteiger partial charge in [0.2, 0.25) is 0 Å². The number of para-hydroxylation sites is 4. The first kappa shape index (κ1) is 36.5. The molecule has 0 N–H and O–H groups in total. The highest BCUT2D eigenvalue weighted by atomic mass is 28.3. The average molecular weight is 833 g/mol. The summed E-state index contributed by atoms with van der Waals surface area (Å²) in [7, 11) is -2.81. The van der Waals surface area contributed by atoms with Crippen molar-refractivity contribution in [1.29, 1.82) is 0 Å². The molecule has 0 bridgehead atoms. The molecular weight excluding hydrogens is 793 g/mol. The second-order valence-electron chi connectivity index (χ2n) is 16.8. The van der Waals surface area contributed by atoms with Gasteiger partial charge in [0.1, 0.15) is 11.2 Å². The molecule has 64 heavy (non-hydrogen) atoms. The van der Waals surface area contributed by atoms with Crippen molar-refractivity contribution in [3.05, 3.63) is 243 Å². The zero-order valence-electron chi connectivity index (χ0n) is 34.9. The number of hydrogen-bond acceptors (Lipinski definition) is 1. The van der Waals surface area contributed by atoms with Crippen molar-refractivity contribution >= 4 is 94.4 Å². The van der Waals surface area contributed by atoms with E-state index in [1.54, 1.807) is 0 Å². The molecule has 13 aromatic rings. The Balaban J connectivity index is 1.09. The Bertz CT molecular complexity index is 3800. The number of hydrogen-bond donors (Lipinski definition) is 0. The topological polar surface area (TPSA) is 23.0 Å². The number of rotatable bonds is 7. The number of benzene rings is 10. The average Bonchev–Trinajstić information content (AvgIpc) is 4.03. The molecule has 0 aliphatic rings. The predicted octanol–water partition coefficient (Wildman–Crippen LogP) is 12.8. The summed E-state index contributed by atoms with van der Waals surface area (Å²) in [6.07, 6.45) is 0. The fraction of sp³-hybridized carbons (Fsp3) is 0. The standard InChI is InChI=1S/C60H40N2OSi/c1-4-20-43(21-5-1)64(44-22-6-2-7-23-44,45-24-8-3-9-25-45)46-26-16-19-42(40-46)61-53-32-13-10-27-48(53)51-31-18-35-56(60(51)61)62-54-33-14-11-29-52(54)59-47(30-17-34-55(59)62)41-37-38-50-49-28-12-15-36-57(49)63-58(50)39-41/h1-40H. The lowest BCUT2D eigenvalue weighted by Crippen LogP contribution is -2.74. The van der Waals surface area contributed by atoms with Crippen LogP contribution >= 0.6 is 0 Å². The van der Waals surface area contributed by atoms with Gasteiger partial charge in [-0.2, -0.15) is 0 Å². The van der Waals surface area contributed by atoms with Crippen LogP contribution in [0.25, 0.3) is 88.1 Å². The molecule has 4 heteroatoms. The fourth-order valence-electron chi connectivity index (χ4n) is 10.8. The third-order valence-corrected chi connectivity index (χ3v) is 18.2. The summed E-state index contributed by atoms with van der Waals surface area (Å²) in [5, 5.41) is 12.5. The monoisotopic (exact) mass is 832 g/mol. The van der Waals surface area contributed by atoms with Crippen LogP contribution in [0.2, 0.25) is 0 Å². The molecule has 0 saturated heterocycles. The first-order chi connectivity index (χ1) is 31.8. The van der Waals surface area contributed by atoms with Crippen LogP contribution in [-0.2, 0) is 0 Å². The van der Waals surface area contributed by atoms with Gasteiger partial charge in [0.05, 0.1) is 27.8 Å². The van der Waals surface area contributed by atoms with Gasteiger partial charge in [-0.3, -0.25) is 0 Å². The van der Waals surface area contributed by atoms with Gasteiger partial charge in [0, 0.05) is 38.0 Å². The predicted molar refractivity (Wildman–Crippen MR) is 271 cm³/mol. The van der Waals surface area contributed by atoms with Gasteiger partial charge in [-0.05, 0) is 86.5 Å². The van der Waals surface area contributed by atoms with Crippen molar-refractivity contribution in [3.63, 3.8) is 0 Å². The molecule has 0 aliphatic heterocycles. The Kier molecular flexibility index (Phi) is 8.23. The number of furan rings is 1. The molecule has 0 fully saturated rings. The zero-order valence-corrected chi connectivity index (χ0v) is 35.9. The van der Waals surface area contributed by atoms with E-state index >= 15 is 0 Å². The van der Waals surface area contributed by atoms with Crippen LogP contribution in [0.1, 0.15) is 0 Å². The Labute approximate surface area is 371 Å². The summed E-state index contributed by atoms with van der Waals surface area (Å²) < 4.78 is 11.4. The molecule has 0 aliphatic carbocycles. The first-order valence-corrected chi connectivity index (χ1v) is 24.0. The van der Waals surface area contributed by atoms with Crippen LogP contribution in [0.4, 0.5) is 0 Å². The minimum absolute atomic E-state index is 0.898. The quantitative estimate of drug-likeness (QED) is 0.116. The number of fused-ring (bicyclic) bond motifs is 9. The molecule has 3 nitrogen and oxygen atoms in total. The van der Waals surface area contributed by atoms with Crippen molar-refractivity contribution in [2.24, 2.45) is 0 Å². The molecule has 0 atom stereocenters. The SMILES string of the molecule is c1ccc([Si](c2ccccc2)(c2ccccc2)c2cccc(-n3c4ccccc4c4cccc(-n5c6ccccc6c6c(-c7ccc8c(c7)oc7ccccc78)cccc65)c43)c2)cc1. The summed E-state index contributed by atoms with van der Waals surface area (Å²) in [4.78, 5) is 0. The maximum atomic E-state index is 6.42. The van der Waals surface area contributed by atoms with Crippen LogP contribution in [0.15, 0.2) is 247 Å². The Morgan fingerprint density at radius 1 is 0.328 bits per heavy atom. The van der Waals surface area contributed by atoms with Crippen LogP contribution in [0, 0.1) is 0 Å². The smallest absolute Gasteiger partial charge is 0.179 e. The van der Waals surface area contributed by atoms with E-state index in [2.05, 4.69) is 240 Å². The minimum atomic E-state index is -2.81. The highest BCUT2D eigenvalue weighted by Gasteiger charge is 2.41. The van der Waals surface area contributed by atoms with Gasteiger partial charge in [0.25, 0.3) is 0 Å². The van der Waals surface area contributed by atoms with Gasteiger partial charge in [-0.15, -0.1) is 0 Å². The second kappa shape index (κ2) is 14.5. The molecule has 3 heterocycles. The van der Waals surface area contributed by atoms with Crippen LogP contribution in [0.3, 0.4) is 0 Å². The van der Waals surface area contributed by atoms with E-state index < -0.39 is 8.07 Å². The lowest BCUT2D eigenvalue weighted by Gasteiger charge is -2.34. The van der Waals surface area contributed by atoms with Crippen LogP contribution in [-0.4, -0.2) is 17.2 Å². The molecule has 0 spiro atoms. The van der Waals surface area contributed by atoms with Crippen molar-refractivity contribution < 1.29 is 4.42 Å². The maximum Gasteiger partial charge on any atom is 0.179 e. The highest BCUT2D eigenvalue weighted by molar-refractivity contribution is 7.19.